The summed E-state index contributed by atoms with van der Waals surface area (Å²) in [4.78, 5) is 2.46. The van der Waals surface area contributed by atoms with E-state index >= 15 is 0 Å². The van der Waals surface area contributed by atoms with Crippen LogP contribution < -0.4 is 4.90 Å². The fraction of sp³-hybridized carbons (Fsp3) is 0.111. The summed E-state index contributed by atoms with van der Waals surface area (Å²) in [6.45, 7) is 9.42. The lowest BCUT2D eigenvalue weighted by Crippen LogP contribution is -2.16. The molecule has 8 aromatic carbocycles. The first-order chi connectivity index (χ1) is 27.3. The van der Waals surface area contributed by atoms with Gasteiger partial charge >= 0.3 is 0 Å². The zero-order valence-corrected chi connectivity index (χ0v) is 32.1. The molecule has 2 aliphatic carbocycles. The third-order valence-electron chi connectivity index (χ3n) is 12.7. The first-order valence-electron chi connectivity index (χ1n) is 19.7. The topological polar surface area (TPSA) is 16.4 Å². The van der Waals surface area contributed by atoms with E-state index in [1.54, 1.807) is 0 Å². The van der Waals surface area contributed by atoms with E-state index < -0.39 is 0 Å². The molecule has 0 fully saturated rings. The number of benzene rings is 8. The van der Waals surface area contributed by atoms with E-state index in [1.165, 1.54) is 72.4 Å². The van der Waals surface area contributed by atoms with E-state index in [0.29, 0.717) is 0 Å². The molecule has 0 saturated carbocycles. The van der Waals surface area contributed by atoms with Gasteiger partial charge in [0.1, 0.15) is 11.2 Å². The number of hydrogen-bond donors (Lipinski definition) is 0. The lowest BCUT2D eigenvalue weighted by molar-refractivity contribution is 0.660. The van der Waals surface area contributed by atoms with Gasteiger partial charge in [-0.05, 0) is 116 Å². The van der Waals surface area contributed by atoms with E-state index in [-0.39, 0.29) is 10.8 Å². The molecule has 56 heavy (non-hydrogen) atoms. The van der Waals surface area contributed by atoms with E-state index in [1.807, 2.05) is 12.1 Å². The van der Waals surface area contributed by atoms with E-state index in [2.05, 4.69) is 196 Å². The predicted octanol–water partition coefficient (Wildman–Crippen LogP) is 15.0. The third kappa shape index (κ3) is 4.75. The summed E-state index contributed by atoms with van der Waals surface area (Å²) in [5.74, 6) is 0. The molecular formula is C54H41NO. The summed E-state index contributed by atoms with van der Waals surface area (Å²) >= 11 is 0. The Morgan fingerprint density at radius 2 is 0.964 bits per heavy atom. The summed E-state index contributed by atoms with van der Waals surface area (Å²) in [5.41, 5.74) is 20.7. The van der Waals surface area contributed by atoms with Gasteiger partial charge in [0.05, 0.1) is 5.69 Å². The van der Waals surface area contributed by atoms with E-state index in [0.717, 1.165) is 33.3 Å². The molecule has 0 aliphatic heterocycles. The molecule has 2 aliphatic rings. The van der Waals surface area contributed by atoms with Gasteiger partial charge in [-0.1, -0.05) is 149 Å². The van der Waals surface area contributed by atoms with Gasteiger partial charge in [-0.25, -0.2) is 0 Å². The quantitative estimate of drug-likeness (QED) is 0.176. The van der Waals surface area contributed by atoms with Crippen molar-refractivity contribution in [2.24, 2.45) is 0 Å². The van der Waals surface area contributed by atoms with Gasteiger partial charge in [-0.2, -0.15) is 0 Å². The molecule has 0 atom stereocenters. The van der Waals surface area contributed by atoms with Crippen molar-refractivity contribution in [2.75, 3.05) is 4.90 Å². The average molecular weight is 720 g/mol. The first-order valence-corrected chi connectivity index (χ1v) is 19.7. The Balaban J connectivity index is 1.06. The largest absolute Gasteiger partial charge is 0.456 e. The van der Waals surface area contributed by atoms with E-state index in [4.69, 9.17) is 4.42 Å². The summed E-state index contributed by atoms with van der Waals surface area (Å²) in [6.07, 6.45) is 0. The molecule has 0 bridgehead atoms. The van der Waals surface area contributed by atoms with Crippen LogP contribution in [0.3, 0.4) is 0 Å². The number of fused-ring (bicyclic) bond motifs is 9. The van der Waals surface area contributed by atoms with Crippen molar-refractivity contribution in [2.45, 2.75) is 38.5 Å². The summed E-state index contributed by atoms with van der Waals surface area (Å²) in [5, 5.41) is 2.28. The monoisotopic (exact) mass is 719 g/mol. The maximum Gasteiger partial charge on any atom is 0.135 e. The molecule has 11 rings (SSSR count). The van der Waals surface area contributed by atoms with Crippen molar-refractivity contribution in [1.29, 1.82) is 0 Å². The molecular weight excluding hydrogens is 679 g/mol. The van der Waals surface area contributed by atoms with Gasteiger partial charge in [0.15, 0.2) is 0 Å². The van der Waals surface area contributed by atoms with Gasteiger partial charge in [0, 0.05) is 38.5 Å². The van der Waals surface area contributed by atoms with Crippen LogP contribution in [0.15, 0.2) is 180 Å². The first kappa shape index (κ1) is 32.8. The highest BCUT2D eigenvalue weighted by atomic mass is 16.3. The van der Waals surface area contributed by atoms with Crippen molar-refractivity contribution >= 4 is 39.0 Å². The zero-order chi connectivity index (χ0) is 37.8. The van der Waals surface area contributed by atoms with E-state index in [9.17, 15) is 0 Å². The fourth-order valence-corrected chi connectivity index (χ4v) is 9.77. The van der Waals surface area contributed by atoms with Gasteiger partial charge in [0.2, 0.25) is 0 Å². The number of anilines is 3. The lowest BCUT2D eigenvalue weighted by Gasteiger charge is -2.29. The summed E-state index contributed by atoms with van der Waals surface area (Å²) < 4.78 is 6.15. The second-order valence-corrected chi connectivity index (χ2v) is 16.5. The standard InChI is InChI=1S/C54H41NO/c1-53(2)46-19-9-6-17-43(46)52-47(53)20-12-21-49(52)55(38-27-23-34(24-28-38)36-26-30-51-44(32-36)42-16-7-10-22-50(42)56-51)39-14-11-13-35(31-39)37-25-29-41-40-15-5-8-18-45(40)54(3,4)48(41)33-37/h5-33H,1-4H3. The number of para-hydroxylation sites is 1. The molecule has 0 spiro atoms. The molecule has 0 saturated heterocycles. The maximum atomic E-state index is 6.15. The van der Waals surface area contributed by atoms with Gasteiger partial charge < -0.3 is 9.32 Å². The van der Waals surface area contributed by atoms with Crippen molar-refractivity contribution in [3.63, 3.8) is 0 Å². The number of hydrogen-bond acceptors (Lipinski definition) is 2. The molecule has 0 N–H and O–H groups in total. The molecule has 2 nitrogen and oxygen atoms in total. The molecule has 268 valence electrons. The summed E-state index contributed by atoms with van der Waals surface area (Å²) in [6, 6.07) is 64.7. The fourth-order valence-electron chi connectivity index (χ4n) is 9.77. The maximum absolute atomic E-state index is 6.15. The van der Waals surface area contributed by atoms with Crippen molar-refractivity contribution in [1.82, 2.24) is 0 Å². The van der Waals surface area contributed by atoms with Gasteiger partial charge in [0.25, 0.3) is 0 Å². The predicted molar refractivity (Wildman–Crippen MR) is 234 cm³/mol. The van der Waals surface area contributed by atoms with Crippen LogP contribution in [0.5, 0.6) is 0 Å². The number of furan rings is 1. The van der Waals surface area contributed by atoms with Crippen molar-refractivity contribution < 1.29 is 4.42 Å². The second kappa shape index (κ2) is 11.9. The van der Waals surface area contributed by atoms with Crippen LogP contribution in [0.2, 0.25) is 0 Å². The Kier molecular flexibility index (Phi) is 6.98. The minimum atomic E-state index is -0.107. The number of nitrogens with zero attached hydrogens (tertiary/aromatic N) is 1. The third-order valence-corrected chi connectivity index (χ3v) is 12.7. The molecule has 9 aromatic rings. The van der Waals surface area contributed by atoms with Crippen LogP contribution in [0.25, 0.3) is 66.4 Å². The van der Waals surface area contributed by atoms with Crippen LogP contribution >= 0.6 is 0 Å². The summed E-state index contributed by atoms with van der Waals surface area (Å²) in [7, 11) is 0. The van der Waals surface area contributed by atoms with Crippen LogP contribution in [-0.2, 0) is 10.8 Å². The Hall–Kier alpha value is -6.64. The molecule has 0 radical (unpaired) electrons. The zero-order valence-electron chi connectivity index (χ0n) is 32.1. The molecule has 1 heterocycles. The smallest absolute Gasteiger partial charge is 0.135 e. The number of rotatable bonds is 5. The minimum absolute atomic E-state index is 0.0621. The van der Waals surface area contributed by atoms with Crippen molar-refractivity contribution in [3.8, 4) is 44.5 Å². The molecule has 2 heteroatoms. The lowest BCUT2D eigenvalue weighted by atomic mass is 9.81. The van der Waals surface area contributed by atoms with Gasteiger partial charge in [-0.3, -0.25) is 0 Å². The SMILES string of the molecule is CC1(C)c2ccccc2-c2ccc(-c3cccc(N(c4ccc(-c5ccc6oc7ccccc7c6c5)cc4)c4cccc5c4-c4ccccc4C5(C)C)c3)cc21. The van der Waals surface area contributed by atoms with Crippen molar-refractivity contribution in [3.05, 3.63) is 198 Å². The molecule has 1 aromatic heterocycles. The highest BCUT2D eigenvalue weighted by molar-refractivity contribution is 6.06. The molecule has 0 unspecified atom stereocenters. The second-order valence-electron chi connectivity index (χ2n) is 16.5. The van der Waals surface area contributed by atoms with Gasteiger partial charge in [-0.15, -0.1) is 0 Å². The average Bonchev–Trinajstić information content (AvgIpc) is 3.81. The minimum Gasteiger partial charge on any atom is -0.456 e. The Bertz CT molecular complexity index is 3030. The Morgan fingerprint density at radius 1 is 0.375 bits per heavy atom. The van der Waals surface area contributed by atoms with Crippen LogP contribution in [0.4, 0.5) is 17.1 Å². The van der Waals surface area contributed by atoms with Crippen LogP contribution in [-0.4, -0.2) is 0 Å². The molecule has 0 amide bonds. The normalized spacial score (nSPS) is 14.4. The Morgan fingerprint density at radius 3 is 1.80 bits per heavy atom. The Labute approximate surface area is 328 Å². The highest BCUT2D eigenvalue weighted by Crippen LogP contribution is 2.55. The van der Waals surface area contributed by atoms with Crippen LogP contribution in [0.1, 0.15) is 49.9 Å². The highest BCUT2D eigenvalue weighted by Gasteiger charge is 2.38. The van der Waals surface area contributed by atoms with Crippen LogP contribution in [0, 0.1) is 0 Å².